The van der Waals surface area contributed by atoms with Gasteiger partial charge in [-0.05, 0) is 29.8 Å². The molecule has 0 spiro atoms. The number of benzene rings is 2. The summed E-state index contributed by atoms with van der Waals surface area (Å²) in [5.41, 5.74) is 4.65. The zero-order valence-corrected chi connectivity index (χ0v) is 13.0. The number of anilines is 1. The second-order valence-electron chi connectivity index (χ2n) is 4.37. The first-order valence-electron chi connectivity index (χ1n) is 6.70. The van der Waals surface area contributed by atoms with Crippen LogP contribution in [-0.2, 0) is 0 Å². The predicted octanol–water partition coefficient (Wildman–Crippen LogP) is 4.36. The lowest BCUT2D eigenvalue weighted by Crippen LogP contribution is -1.98. The van der Waals surface area contributed by atoms with E-state index in [0.717, 1.165) is 11.3 Å². The maximum atomic E-state index is 6.22. The van der Waals surface area contributed by atoms with Crippen LogP contribution in [0, 0.1) is 0 Å². The lowest BCUT2D eigenvalue weighted by molar-refractivity contribution is 0.326. The molecule has 0 aliphatic carbocycles. The molecule has 114 valence electrons. The van der Waals surface area contributed by atoms with E-state index in [2.05, 4.69) is 17.1 Å². The van der Waals surface area contributed by atoms with E-state index in [1.165, 1.54) is 0 Å². The van der Waals surface area contributed by atoms with Gasteiger partial charge in [-0.15, -0.1) is 0 Å². The third-order valence-electron chi connectivity index (χ3n) is 2.78. The van der Waals surface area contributed by atoms with Crippen molar-refractivity contribution in [3.05, 3.63) is 65.7 Å². The highest BCUT2D eigenvalue weighted by molar-refractivity contribution is 6.32. The summed E-state index contributed by atoms with van der Waals surface area (Å²) in [5, 5.41) is 4.63. The van der Waals surface area contributed by atoms with Crippen LogP contribution in [0.3, 0.4) is 0 Å². The zero-order valence-electron chi connectivity index (χ0n) is 12.3. The SMILES string of the molecule is C=CCOc1c(Cl)cc(C=NNc2ccccc2)cc1OC. The van der Waals surface area contributed by atoms with Gasteiger partial charge >= 0.3 is 0 Å². The maximum absolute atomic E-state index is 6.22. The molecule has 5 heteroatoms. The Labute approximate surface area is 135 Å². The molecule has 2 aromatic rings. The van der Waals surface area contributed by atoms with Crippen LogP contribution >= 0.6 is 11.6 Å². The average molecular weight is 317 g/mol. The summed E-state index contributed by atoms with van der Waals surface area (Å²) in [6.45, 7) is 3.97. The van der Waals surface area contributed by atoms with Crippen LogP contribution < -0.4 is 14.9 Å². The first-order valence-corrected chi connectivity index (χ1v) is 7.07. The third kappa shape index (κ3) is 4.27. The highest BCUT2D eigenvalue weighted by atomic mass is 35.5. The molecule has 0 atom stereocenters. The van der Waals surface area contributed by atoms with Crippen molar-refractivity contribution in [3.8, 4) is 11.5 Å². The molecule has 0 heterocycles. The van der Waals surface area contributed by atoms with Gasteiger partial charge in [-0.2, -0.15) is 5.10 Å². The number of hydrogen-bond acceptors (Lipinski definition) is 4. The Morgan fingerprint density at radius 3 is 2.73 bits per heavy atom. The number of hydrazone groups is 1. The third-order valence-corrected chi connectivity index (χ3v) is 3.06. The normalized spacial score (nSPS) is 10.5. The first kappa shape index (κ1) is 15.9. The summed E-state index contributed by atoms with van der Waals surface area (Å²) in [6, 6.07) is 13.2. The van der Waals surface area contributed by atoms with Gasteiger partial charge in [-0.3, -0.25) is 5.43 Å². The van der Waals surface area contributed by atoms with Gasteiger partial charge in [0.25, 0.3) is 0 Å². The second-order valence-corrected chi connectivity index (χ2v) is 4.78. The van der Waals surface area contributed by atoms with Gasteiger partial charge in [0.1, 0.15) is 6.61 Å². The highest BCUT2D eigenvalue weighted by Gasteiger charge is 2.10. The summed E-state index contributed by atoms with van der Waals surface area (Å²) in [5.74, 6) is 1.05. The summed E-state index contributed by atoms with van der Waals surface area (Å²) in [4.78, 5) is 0. The van der Waals surface area contributed by atoms with Crippen molar-refractivity contribution < 1.29 is 9.47 Å². The quantitative estimate of drug-likeness (QED) is 0.469. The maximum Gasteiger partial charge on any atom is 0.180 e. The number of ether oxygens (including phenoxy) is 2. The summed E-state index contributed by atoms with van der Waals surface area (Å²) in [7, 11) is 1.57. The molecule has 0 radical (unpaired) electrons. The molecular weight excluding hydrogens is 300 g/mol. The standard InChI is InChI=1S/C17H17ClN2O2/c1-3-9-22-17-15(18)10-13(11-16(17)21-2)12-19-20-14-7-5-4-6-8-14/h3-8,10-12,20H,1,9H2,2H3. The lowest BCUT2D eigenvalue weighted by Gasteiger charge is -2.11. The number of methoxy groups -OCH3 is 1. The summed E-state index contributed by atoms with van der Waals surface area (Å²) < 4.78 is 10.8. The molecule has 0 amide bonds. The Hall–Kier alpha value is -2.46. The Bertz CT molecular complexity index is 657. The van der Waals surface area contributed by atoms with Crippen molar-refractivity contribution in [1.82, 2.24) is 0 Å². The number of nitrogens with zero attached hydrogens (tertiary/aromatic N) is 1. The molecule has 0 aliphatic rings. The van der Waals surface area contributed by atoms with Crippen molar-refractivity contribution in [2.24, 2.45) is 5.10 Å². The zero-order chi connectivity index (χ0) is 15.8. The minimum absolute atomic E-state index is 0.360. The van der Waals surface area contributed by atoms with E-state index in [1.807, 2.05) is 30.3 Å². The predicted molar refractivity (Wildman–Crippen MR) is 91.4 cm³/mol. The van der Waals surface area contributed by atoms with E-state index in [1.54, 1.807) is 31.5 Å². The van der Waals surface area contributed by atoms with Gasteiger partial charge in [0.15, 0.2) is 11.5 Å². The smallest absolute Gasteiger partial charge is 0.180 e. The van der Waals surface area contributed by atoms with E-state index < -0.39 is 0 Å². The van der Waals surface area contributed by atoms with Crippen molar-refractivity contribution in [2.45, 2.75) is 0 Å². The number of para-hydroxylation sites is 1. The molecule has 0 saturated heterocycles. The van der Waals surface area contributed by atoms with E-state index in [0.29, 0.717) is 23.1 Å². The van der Waals surface area contributed by atoms with Gasteiger partial charge in [0, 0.05) is 0 Å². The van der Waals surface area contributed by atoms with Gasteiger partial charge in [-0.1, -0.05) is 42.5 Å². The fraction of sp³-hybridized carbons (Fsp3) is 0.118. The van der Waals surface area contributed by atoms with Crippen LogP contribution in [-0.4, -0.2) is 19.9 Å². The molecule has 4 nitrogen and oxygen atoms in total. The van der Waals surface area contributed by atoms with Crippen LogP contribution in [0.2, 0.25) is 5.02 Å². The molecule has 0 aliphatic heterocycles. The molecule has 22 heavy (non-hydrogen) atoms. The number of nitrogens with one attached hydrogen (secondary N) is 1. The minimum Gasteiger partial charge on any atom is -0.493 e. The van der Waals surface area contributed by atoms with Crippen LogP contribution in [0.5, 0.6) is 11.5 Å². The summed E-state index contributed by atoms with van der Waals surface area (Å²) in [6.07, 6.45) is 3.31. The van der Waals surface area contributed by atoms with Gasteiger partial charge in [0.05, 0.1) is 24.0 Å². The van der Waals surface area contributed by atoms with E-state index in [4.69, 9.17) is 21.1 Å². The molecule has 0 saturated carbocycles. The lowest BCUT2D eigenvalue weighted by atomic mass is 10.2. The molecule has 1 N–H and O–H groups in total. The topological polar surface area (TPSA) is 42.8 Å². The summed E-state index contributed by atoms with van der Waals surface area (Å²) >= 11 is 6.22. The van der Waals surface area contributed by atoms with Crippen LogP contribution in [0.1, 0.15) is 5.56 Å². The van der Waals surface area contributed by atoms with E-state index >= 15 is 0 Å². The van der Waals surface area contributed by atoms with Crippen LogP contribution in [0.4, 0.5) is 5.69 Å². The van der Waals surface area contributed by atoms with E-state index in [-0.39, 0.29) is 0 Å². The number of halogens is 1. The Morgan fingerprint density at radius 1 is 1.27 bits per heavy atom. The van der Waals surface area contributed by atoms with Crippen molar-refractivity contribution in [3.63, 3.8) is 0 Å². The number of hydrogen-bond donors (Lipinski definition) is 1. The second kappa shape index (κ2) is 8.10. The molecule has 0 fully saturated rings. The molecule has 0 bridgehead atoms. The van der Waals surface area contributed by atoms with Crippen molar-refractivity contribution in [1.29, 1.82) is 0 Å². The number of rotatable bonds is 7. The van der Waals surface area contributed by atoms with Gasteiger partial charge in [0.2, 0.25) is 0 Å². The van der Waals surface area contributed by atoms with E-state index in [9.17, 15) is 0 Å². The van der Waals surface area contributed by atoms with Crippen molar-refractivity contribution in [2.75, 3.05) is 19.1 Å². The Kier molecular flexibility index (Phi) is 5.86. The Balaban J connectivity index is 2.14. The largest absolute Gasteiger partial charge is 0.493 e. The molecule has 2 rings (SSSR count). The Morgan fingerprint density at radius 2 is 2.05 bits per heavy atom. The van der Waals surface area contributed by atoms with Gasteiger partial charge in [-0.25, -0.2) is 0 Å². The fourth-order valence-electron chi connectivity index (χ4n) is 1.79. The molecule has 2 aromatic carbocycles. The molecule has 0 aromatic heterocycles. The van der Waals surface area contributed by atoms with Gasteiger partial charge < -0.3 is 9.47 Å². The molecule has 0 unspecified atom stereocenters. The first-order chi connectivity index (χ1) is 10.7. The molecular formula is C17H17ClN2O2. The fourth-order valence-corrected chi connectivity index (χ4v) is 2.06. The monoisotopic (exact) mass is 316 g/mol. The highest BCUT2D eigenvalue weighted by Crippen LogP contribution is 2.36. The van der Waals surface area contributed by atoms with Crippen molar-refractivity contribution >= 4 is 23.5 Å². The van der Waals surface area contributed by atoms with Crippen LogP contribution in [0.25, 0.3) is 0 Å². The minimum atomic E-state index is 0.360. The average Bonchev–Trinajstić information content (AvgIpc) is 2.54. The van der Waals surface area contributed by atoms with Crippen LogP contribution in [0.15, 0.2) is 60.2 Å².